The van der Waals surface area contributed by atoms with E-state index in [1.807, 2.05) is 0 Å². The van der Waals surface area contributed by atoms with Gasteiger partial charge in [0.15, 0.2) is 0 Å². The van der Waals surface area contributed by atoms with Crippen LogP contribution in [0.2, 0.25) is 0 Å². The minimum atomic E-state index is -1.19. The third-order valence-electron chi connectivity index (χ3n) is 0.829. The van der Waals surface area contributed by atoms with Crippen molar-refractivity contribution in [1.29, 1.82) is 0 Å². The van der Waals surface area contributed by atoms with E-state index in [-0.39, 0.29) is 10.4 Å². The van der Waals surface area contributed by atoms with E-state index in [1.54, 1.807) is 0 Å². The molecule has 4 nitrogen and oxygen atoms in total. The number of aliphatic carboxylic acids is 1. The van der Waals surface area contributed by atoms with Gasteiger partial charge in [-0.1, -0.05) is 0 Å². The molecular weight excluding hydrogens is 284 g/mol. The van der Waals surface area contributed by atoms with Gasteiger partial charge in [0, 0.05) is 0 Å². The summed E-state index contributed by atoms with van der Waals surface area (Å²) in [7, 11) is 0. The second kappa shape index (κ2) is 3.27. The van der Waals surface area contributed by atoms with Gasteiger partial charge in [-0.2, -0.15) is 0 Å². The first-order valence-corrected chi connectivity index (χ1v) is 4.03. The van der Waals surface area contributed by atoms with E-state index in [4.69, 9.17) is 9.84 Å². The minimum Gasteiger partial charge on any atom is -0.475 e. The van der Waals surface area contributed by atoms with E-state index in [2.05, 4.69) is 36.6 Å². The van der Waals surface area contributed by atoms with Crippen molar-refractivity contribution in [3.8, 4) is 0 Å². The molecule has 0 atom stereocenters. The molecule has 0 amide bonds. The summed E-state index contributed by atoms with van der Waals surface area (Å²) in [5.41, 5.74) is 0. The number of carboxylic acid groups (broad SMARTS) is 1. The van der Waals surface area contributed by atoms with E-state index in [9.17, 15) is 4.79 Å². The zero-order valence-electron chi connectivity index (χ0n) is 5.01. The van der Waals surface area contributed by atoms with Crippen molar-refractivity contribution in [1.82, 2.24) is 0 Å². The van der Waals surface area contributed by atoms with Crippen molar-refractivity contribution in [2.75, 3.05) is 0 Å². The molecule has 11 heavy (non-hydrogen) atoms. The Kier molecular flexibility index (Phi) is 2.56. The minimum absolute atomic E-state index is 0.0411. The number of hydrogen-bond donors (Lipinski definition) is 1. The smallest absolute Gasteiger partial charge is 0.376 e. The Bertz CT molecular complexity index is 255. The van der Waals surface area contributed by atoms with Gasteiger partial charge in [-0.3, -0.25) is 0 Å². The van der Waals surface area contributed by atoms with E-state index in [0.29, 0.717) is 4.67 Å². The average Bonchev–Trinajstić information content (AvgIpc) is 1.85. The molecule has 0 unspecified atom stereocenters. The third kappa shape index (κ3) is 1.97. The highest BCUT2D eigenvalue weighted by atomic mass is 79.9. The Morgan fingerprint density at radius 2 is 2.18 bits per heavy atom. The Balaban J connectivity index is 2.83. The van der Waals surface area contributed by atoms with E-state index < -0.39 is 5.97 Å². The number of ether oxygens (including phenoxy) is 2. The quantitative estimate of drug-likeness (QED) is 0.799. The van der Waals surface area contributed by atoms with Gasteiger partial charge in [0.25, 0.3) is 5.76 Å². The fraction of sp³-hybridized carbons (Fsp3) is 0. The summed E-state index contributed by atoms with van der Waals surface area (Å²) in [6.07, 6.45) is 1.15. The summed E-state index contributed by atoms with van der Waals surface area (Å²) in [4.78, 5) is 10.3. The predicted molar refractivity (Wildman–Crippen MR) is 42.8 cm³/mol. The van der Waals surface area contributed by atoms with Crippen LogP contribution < -0.4 is 0 Å². The first-order valence-electron chi connectivity index (χ1n) is 2.44. The maximum Gasteiger partial charge on any atom is 0.376 e. The van der Waals surface area contributed by atoms with Gasteiger partial charge in [0.2, 0.25) is 9.34 Å². The van der Waals surface area contributed by atoms with Gasteiger partial charge in [0.1, 0.15) is 6.26 Å². The van der Waals surface area contributed by atoms with E-state index in [0.717, 1.165) is 6.26 Å². The first kappa shape index (κ1) is 8.61. The maximum atomic E-state index is 10.3. The van der Waals surface area contributed by atoms with Gasteiger partial charge in [0.05, 0.1) is 0 Å². The van der Waals surface area contributed by atoms with Crippen LogP contribution >= 0.6 is 31.9 Å². The zero-order chi connectivity index (χ0) is 8.43. The summed E-state index contributed by atoms with van der Waals surface area (Å²) < 4.78 is 9.85. The summed E-state index contributed by atoms with van der Waals surface area (Å²) in [5.74, 6) is -1.46. The highest BCUT2D eigenvalue weighted by Gasteiger charge is 2.20. The fourth-order valence-electron chi connectivity index (χ4n) is 0.442. The van der Waals surface area contributed by atoms with Crippen molar-refractivity contribution in [3.05, 3.63) is 21.4 Å². The maximum absolute atomic E-state index is 10.3. The highest BCUT2D eigenvalue weighted by Crippen LogP contribution is 2.26. The molecule has 60 valence electrons. The van der Waals surface area contributed by atoms with Gasteiger partial charge in [-0.25, -0.2) is 4.79 Å². The number of halogens is 2. The van der Waals surface area contributed by atoms with Crippen molar-refractivity contribution in [2.24, 2.45) is 0 Å². The standard InChI is InChI=1S/C5H2Br2O4/c6-2-1-10-3(5(8)9)4(7)11-2/h1H,(H,8,9). The summed E-state index contributed by atoms with van der Waals surface area (Å²) in [5, 5.41) is 8.46. The monoisotopic (exact) mass is 284 g/mol. The average molecular weight is 286 g/mol. The summed E-state index contributed by atoms with van der Waals surface area (Å²) in [6, 6.07) is 0. The molecule has 0 saturated carbocycles. The second-order valence-electron chi connectivity index (χ2n) is 1.55. The van der Waals surface area contributed by atoms with Gasteiger partial charge < -0.3 is 14.6 Å². The highest BCUT2D eigenvalue weighted by molar-refractivity contribution is 9.12. The number of carbonyl (C=O) groups is 1. The van der Waals surface area contributed by atoms with Crippen LogP contribution in [0.25, 0.3) is 0 Å². The Morgan fingerprint density at radius 3 is 2.64 bits per heavy atom. The molecule has 0 fully saturated rings. The zero-order valence-corrected chi connectivity index (χ0v) is 8.18. The van der Waals surface area contributed by atoms with E-state index >= 15 is 0 Å². The molecule has 1 N–H and O–H groups in total. The van der Waals surface area contributed by atoms with Crippen LogP contribution in [0, 0.1) is 0 Å². The number of carboxylic acids is 1. The molecule has 0 aromatic carbocycles. The normalized spacial score (nSPS) is 16.7. The summed E-state index contributed by atoms with van der Waals surface area (Å²) in [6.45, 7) is 0. The Morgan fingerprint density at radius 1 is 1.55 bits per heavy atom. The molecule has 0 aromatic rings. The van der Waals surface area contributed by atoms with Crippen LogP contribution in [-0.2, 0) is 14.3 Å². The van der Waals surface area contributed by atoms with Crippen LogP contribution in [0.5, 0.6) is 0 Å². The first-order chi connectivity index (χ1) is 5.11. The largest absolute Gasteiger partial charge is 0.475 e. The van der Waals surface area contributed by atoms with Gasteiger partial charge in [-0.05, 0) is 31.9 Å². The van der Waals surface area contributed by atoms with Crippen LogP contribution in [0.4, 0.5) is 0 Å². The van der Waals surface area contributed by atoms with Crippen LogP contribution in [0.3, 0.4) is 0 Å². The molecule has 1 aliphatic rings. The Labute approximate surface area is 78.7 Å². The molecule has 0 spiro atoms. The lowest BCUT2D eigenvalue weighted by Crippen LogP contribution is -2.08. The van der Waals surface area contributed by atoms with Crippen LogP contribution in [0.1, 0.15) is 0 Å². The van der Waals surface area contributed by atoms with Crippen LogP contribution in [-0.4, -0.2) is 11.1 Å². The lowest BCUT2D eigenvalue weighted by atomic mass is 10.5. The topological polar surface area (TPSA) is 55.8 Å². The molecule has 6 heteroatoms. The molecule has 0 aliphatic carbocycles. The molecule has 1 heterocycles. The van der Waals surface area contributed by atoms with Crippen LogP contribution in [0.15, 0.2) is 21.4 Å². The lowest BCUT2D eigenvalue weighted by molar-refractivity contribution is -0.136. The fourth-order valence-corrected chi connectivity index (χ4v) is 1.35. The molecule has 0 bridgehead atoms. The lowest BCUT2D eigenvalue weighted by Gasteiger charge is -2.11. The molecule has 0 radical (unpaired) electrons. The van der Waals surface area contributed by atoms with Crippen molar-refractivity contribution in [2.45, 2.75) is 0 Å². The SMILES string of the molecule is O=C(O)C1=C(Br)OC(Br)=CO1. The molecule has 1 rings (SSSR count). The molecule has 0 saturated heterocycles. The second-order valence-corrected chi connectivity index (χ2v) is 3.05. The summed E-state index contributed by atoms with van der Waals surface area (Å²) >= 11 is 5.84. The number of hydrogen-bond acceptors (Lipinski definition) is 3. The van der Waals surface area contributed by atoms with Crippen molar-refractivity contribution >= 4 is 37.8 Å². The van der Waals surface area contributed by atoms with Gasteiger partial charge >= 0.3 is 5.97 Å². The Hall–Kier alpha value is -0.490. The van der Waals surface area contributed by atoms with Gasteiger partial charge in [-0.15, -0.1) is 0 Å². The predicted octanol–water partition coefficient (Wildman–Crippen LogP) is 1.88. The molecule has 1 aliphatic heterocycles. The van der Waals surface area contributed by atoms with E-state index in [1.165, 1.54) is 0 Å². The van der Waals surface area contributed by atoms with Crippen molar-refractivity contribution < 1.29 is 19.4 Å². The number of rotatable bonds is 1. The third-order valence-corrected chi connectivity index (χ3v) is 1.70. The van der Waals surface area contributed by atoms with Crippen molar-refractivity contribution in [3.63, 3.8) is 0 Å². The molecular formula is C5H2Br2O4. The molecule has 0 aromatic heterocycles.